The highest BCUT2D eigenvalue weighted by atomic mass is 16.2. The van der Waals surface area contributed by atoms with Crippen molar-refractivity contribution in [3.05, 3.63) is 0 Å². The van der Waals surface area contributed by atoms with Crippen LogP contribution in [0, 0.1) is 0 Å². The Morgan fingerprint density at radius 3 is 1.91 bits per heavy atom. The van der Waals surface area contributed by atoms with E-state index in [2.05, 4.69) is 4.99 Å². The Bertz CT molecular complexity index is 246. The molecule has 0 spiro atoms. The number of hydrogen-bond acceptors (Lipinski definition) is 4. The standard InChI is InChI=1S/C5H5N3O3/c1-6-2-3(9)7-5(11)8-4(2)10/h1H3,(H2,7,8,9,10,11). The molecular weight excluding hydrogens is 150 g/mol. The Hall–Kier alpha value is -1.72. The number of imide groups is 2. The summed E-state index contributed by atoms with van der Waals surface area (Å²) in [5, 5.41) is 3.74. The van der Waals surface area contributed by atoms with Crippen LogP contribution in [0.1, 0.15) is 0 Å². The Morgan fingerprint density at radius 1 is 1.09 bits per heavy atom. The molecule has 0 aromatic carbocycles. The average molecular weight is 155 g/mol. The van der Waals surface area contributed by atoms with E-state index in [0.29, 0.717) is 0 Å². The first-order chi connectivity index (χ1) is 5.15. The van der Waals surface area contributed by atoms with Gasteiger partial charge in [0.15, 0.2) is 5.71 Å². The molecule has 0 aromatic heterocycles. The number of hydrogen-bond donors (Lipinski definition) is 2. The highest BCUT2D eigenvalue weighted by Gasteiger charge is 2.28. The van der Waals surface area contributed by atoms with Crippen molar-refractivity contribution < 1.29 is 14.4 Å². The molecule has 6 nitrogen and oxygen atoms in total. The third-order valence-corrected chi connectivity index (χ3v) is 1.11. The second-order valence-corrected chi connectivity index (χ2v) is 1.81. The van der Waals surface area contributed by atoms with Gasteiger partial charge < -0.3 is 0 Å². The van der Waals surface area contributed by atoms with Gasteiger partial charge in [-0.3, -0.25) is 25.2 Å². The van der Waals surface area contributed by atoms with Crippen molar-refractivity contribution in [1.82, 2.24) is 10.6 Å². The summed E-state index contributed by atoms with van der Waals surface area (Å²) in [6, 6.07) is -0.813. The van der Waals surface area contributed by atoms with Crippen LogP contribution in [0.3, 0.4) is 0 Å². The van der Waals surface area contributed by atoms with Crippen molar-refractivity contribution in [2.24, 2.45) is 4.99 Å². The zero-order valence-corrected chi connectivity index (χ0v) is 5.67. The van der Waals surface area contributed by atoms with Crippen LogP contribution in [0.25, 0.3) is 0 Å². The van der Waals surface area contributed by atoms with Gasteiger partial charge in [0.1, 0.15) is 0 Å². The number of urea groups is 1. The topological polar surface area (TPSA) is 87.6 Å². The summed E-state index contributed by atoms with van der Waals surface area (Å²) in [6.45, 7) is 0. The third kappa shape index (κ3) is 1.23. The zero-order chi connectivity index (χ0) is 8.43. The van der Waals surface area contributed by atoms with Gasteiger partial charge in [0.2, 0.25) is 0 Å². The van der Waals surface area contributed by atoms with E-state index < -0.39 is 17.8 Å². The first kappa shape index (κ1) is 7.39. The fourth-order valence-electron chi connectivity index (χ4n) is 0.662. The lowest BCUT2D eigenvalue weighted by molar-refractivity contribution is -0.119. The fraction of sp³-hybridized carbons (Fsp3) is 0.200. The van der Waals surface area contributed by atoms with Gasteiger partial charge in [-0.05, 0) is 0 Å². The number of carbonyl (C=O) groups is 3. The predicted molar refractivity (Wildman–Crippen MR) is 35.0 cm³/mol. The molecule has 0 aromatic rings. The molecule has 58 valence electrons. The number of nitrogens with one attached hydrogen (secondary N) is 2. The lowest BCUT2D eigenvalue weighted by atomic mass is 10.3. The van der Waals surface area contributed by atoms with Crippen LogP contribution in [0.2, 0.25) is 0 Å². The number of carbonyl (C=O) groups excluding carboxylic acids is 3. The molecule has 1 aliphatic rings. The van der Waals surface area contributed by atoms with Gasteiger partial charge in [-0.2, -0.15) is 0 Å². The smallest absolute Gasteiger partial charge is 0.278 e. The molecule has 6 heteroatoms. The van der Waals surface area contributed by atoms with Crippen LogP contribution < -0.4 is 10.6 Å². The Balaban J connectivity index is 2.93. The van der Waals surface area contributed by atoms with Gasteiger partial charge in [-0.25, -0.2) is 4.79 Å². The highest BCUT2D eigenvalue weighted by molar-refractivity contribution is 6.68. The number of amides is 4. The van der Waals surface area contributed by atoms with Crippen LogP contribution in [0.4, 0.5) is 4.79 Å². The first-order valence-corrected chi connectivity index (χ1v) is 2.78. The number of aliphatic imine (C=N–C) groups is 1. The highest BCUT2D eigenvalue weighted by Crippen LogP contribution is 1.86. The van der Waals surface area contributed by atoms with Crippen molar-refractivity contribution in [3.8, 4) is 0 Å². The first-order valence-electron chi connectivity index (χ1n) is 2.78. The van der Waals surface area contributed by atoms with Crippen LogP contribution >= 0.6 is 0 Å². The van der Waals surface area contributed by atoms with E-state index in [1.54, 1.807) is 0 Å². The summed E-state index contributed by atoms with van der Waals surface area (Å²) >= 11 is 0. The SMILES string of the molecule is CN=C1C(=O)NC(=O)NC1=O. The van der Waals surface area contributed by atoms with Gasteiger partial charge in [-0.15, -0.1) is 0 Å². The molecule has 11 heavy (non-hydrogen) atoms. The summed E-state index contributed by atoms with van der Waals surface area (Å²) < 4.78 is 0. The van der Waals surface area contributed by atoms with Crippen LogP contribution in [0.5, 0.6) is 0 Å². The lowest BCUT2D eigenvalue weighted by Crippen LogP contribution is -2.56. The van der Waals surface area contributed by atoms with Gasteiger partial charge in [0, 0.05) is 7.05 Å². The second-order valence-electron chi connectivity index (χ2n) is 1.81. The van der Waals surface area contributed by atoms with E-state index in [0.717, 1.165) is 0 Å². The Morgan fingerprint density at radius 2 is 1.55 bits per heavy atom. The van der Waals surface area contributed by atoms with Crippen molar-refractivity contribution in [3.63, 3.8) is 0 Å². The average Bonchev–Trinajstić information content (AvgIpc) is 1.85. The molecule has 1 saturated heterocycles. The zero-order valence-electron chi connectivity index (χ0n) is 5.67. The molecule has 0 atom stereocenters. The molecule has 1 aliphatic heterocycles. The minimum atomic E-state index is -0.813. The van der Waals surface area contributed by atoms with E-state index in [1.807, 2.05) is 10.6 Å². The molecular formula is C5H5N3O3. The van der Waals surface area contributed by atoms with Crippen molar-refractivity contribution in [2.75, 3.05) is 7.05 Å². The largest absolute Gasteiger partial charge is 0.328 e. The minimum absolute atomic E-state index is 0.287. The molecule has 0 unspecified atom stereocenters. The van der Waals surface area contributed by atoms with Gasteiger partial charge in [0.05, 0.1) is 0 Å². The van der Waals surface area contributed by atoms with E-state index in [9.17, 15) is 14.4 Å². The second kappa shape index (κ2) is 2.49. The summed E-state index contributed by atoms with van der Waals surface area (Å²) in [6.07, 6.45) is 0. The van der Waals surface area contributed by atoms with Gasteiger partial charge in [0.25, 0.3) is 11.8 Å². The molecule has 2 N–H and O–H groups in total. The minimum Gasteiger partial charge on any atom is -0.278 e. The van der Waals surface area contributed by atoms with E-state index >= 15 is 0 Å². The van der Waals surface area contributed by atoms with E-state index in [1.165, 1.54) is 7.05 Å². The van der Waals surface area contributed by atoms with Crippen molar-refractivity contribution in [1.29, 1.82) is 0 Å². The number of rotatable bonds is 0. The number of barbiturate groups is 1. The molecule has 0 aliphatic carbocycles. The maximum Gasteiger partial charge on any atom is 0.328 e. The summed E-state index contributed by atoms with van der Waals surface area (Å²) in [4.78, 5) is 35.3. The molecule has 0 bridgehead atoms. The summed E-state index contributed by atoms with van der Waals surface area (Å²) in [5.74, 6) is -1.53. The summed E-state index contributed by atoms with van der Waals surface area (Å²) in [7, 11) is 1.30. The van der Waals surface area contributed by atoms with Gasteiger partial charge >= 0.3 is 6.03 Å². The third-order valence-electron chi connectivity index (χ3n) is 1.11. The molecule has 1 fully saturated rings. The Kier molecular flexibility index (Phi) is 1.67. The maximum atomic E-state index is 10.7. The normalized spacial score (nSPS) is 17.5. The van der Waals surface area contributed by atoms with Crippen LogP contribution in [-0.2, 0) is 9.59 Å². The van der Waals surface area contributed by atoms with E-state index in [4.69, 9.17) is 0 Å². The van der Waals surface area contributed by atoms with Crippen molar-refractivity contribution in [2.45, 2.75) is 0 Å². The molecule has 1 rings (SSSR count). The molecule has 1 heterocycles. The maximum absolute atomic E-state index is 10.7. The predicted octanol–water partition coefficient (Wildman–Crippen LogP) is -1.58. The number of nitrogens with zero attached hydrogens (tertiary/aromatic N) is 1. The summed E-state index contributed by atoms with van der Waals surface area (Å²) in [5.41, 5.74) is -0.287. The van der Waals surface area contributed by atoms with Crippen molar-refractivity contribution >= 4 is 23.6 Å². The molecule has 4 amide bonds. The van der Waals surface area contributed by atoms with E-state index in [-0.39, 0.29) is 5.71 Å². The molecule has 0 saturated carbocycles. The van der Waals surface area contributed by atoms with Gasteiger partial charge in [-0.1, -0.05) is 0 Å². The fourth-order valence-corrected chi connectivity index (χ4v) is 0.662. The van der Waals surface area contributed by atoms with Crippen LogP contribution in [0.15, 0.2) is 4.99 Å². The molecule has 0 radical (unpaired) electrons. The lowest BCUT2D eigenvalue weighted by Gasteiger charge is -2.11. The quantitative estimate of drug-likeness (QED) is 0.442. The monoisotopic (exact) mass is 155 g/mol. The Labute approximate surface area is 61.7 Å². The van der Waals surface area contributed by atoms with Crippen LogP contribution in [-0.4, -0.2) is 30.6 Å².